The van der Waals surface area contributed by atoms with Crippen molar-refractivity contribution < 1.29 is 17.9 Å². The van der Waals surface area contributed by atoms with Crippen molar-refractivity contribution in [1.82, 2.24) is 5.32 Å². The number of benzene rings is 3. The summed E-state index contributed by atoms with van der Waals surface area (Å²) in [6.07, 6.45) is 0. The van der Waals surface area contributed by atoms with Gasteiger partial charge in [0.05, 0.1) is 17.7 Å². The summed E-state index contributed by atoms with van der Waals surface area (Å²) < 4.78 is 33.3. The third kappa shape index (κ3) is 6.14. The van der Waals surface area contributed by atoms with Crippen LogP contribution in [-0.4, -0.2) is 28.0 Å². The quantitative estimate of drug-likeness (QED) is 0.499. The average molecular weight is 467 g/mol. The Labute approximate surface area is 196 Å². The van der Waals surface area contributed by atoms with E-state index < -0.39 is 15.9 Å². The predicted molar refractivity (Wildman–Crippen MR) is 131 cm³/mol. The minimum atomic E-state index is -3.94. The number of carbonyl (C=O) groups excluding carboxylic acids is 1. The smallest absolute Gasteiger partial charge is 0.264 e. The summed E-state index contributed by atoms with van der Waals surface area (Å²) in [6.45, 7) is 6.00. The number of ether oxygens (including phenoxy) is 1. The predicted octanol–water partition coefficient (Wildman–Crippen LogP) is 4.64. The molecule has 0 unspecified atom stereocenters. The van der Waals surface area contributed by atoms with Crippen LogP contribution in [0.3, 0.4) is 0 Å². The summed E-state index contributed by atoms with van der Waals surface area (Å²) in [7, 11) is -2.34. The highest BCUT2D eigenvalue weighted by atomic mass is 32.2. The van der Waals surface area contributed by atoms with Gasteiger partial charge in [-0.15, -0.1) is 0 Å². The molecule has 1 amide bonds. The lowest BCUT2D eigenvalue weighted by Gasteiger charge is -2.24. The van der Waals surface area contributed by atoms with E-state index in [0.717, 1.165) is 26.7 Å². The number of methoxy groups -OCH3 is 1. The fourth-order valence-corrected chi connectivity index (χ4v) is 4.73. The lowest BCUT2D eigenvalue weighted by Crippen LogP contribution is -2.40. The fourth-order valence-electron chi connectivity index (χ4n) is 3.31. The highest BCUT2D eigenvalue weighted by Crippen LogP contribution is 2.26. The van der Waals surface area contributed by atoms with Crippen LogP contribution in [0.15, 0.2) is 77.7 Å². The maximum absolute atomic E-state index is 13.5. The first-order valence-electron chi connectivity index (χ1n) is 10.8. The second kappa shape index (κ2) is 10.5. The number of nitrogens with one attached hydrogen (secondary N) is 1. The van der Waals surface area contributed by atoms with Crippen molar-refractivity contribution >= 4 is 21.6 Å². The van der Waals surface area contributed by atoms with Crippen molar-refractivity contribution in [1.29, 1.82) is 0 Å². The van der Waals surface area contributed by atoms with Crippen LogP contribution < -0.4 is 14.4 Å². The largest absolute Gasteiger partial charge is 0.497 e. The number of hydrogen-bond acceptors (Lipinski definition) is 4. The number of sulfonamides is 1. The highest BCUT2D eigenvalue weighted by molar-refractivity contribution is 7.92. The molecule has 3 aromatic rings. The van der Waals surface area contributed by atoms with E-state index in [-0.39, 0.29) is 18.0 Å². The van der Waals surface area contributed by atoms with Crippen LogP contribution in [0.2, 0.25) is 0 Å². The summed E-state index contributed by atoms with van der Waals surface area (Å²) >= 11 is 0. The molecule has 0 radical (unpaired) electrons. The minimum Gasteiger partial charge on any atom is -0.497 e. The molecule has 6 nitrogen and oxygen atoms in total. The Morgan fingerprint density at radius 2 is 1.55 bits per heavy atom. The van der Waals surface area contributed by atoms with E-state index in [1.54, 1.807) is 43.5 Å². The minimum absolute atomic E-state index is 0.143. The van der Waals surface area contributed by atoms with Crippen molar-refractivity contribution in [2.24, 2.45) is 0 Å². The molecule has 0 saturated carbocycles. The Morgan fingerprint density at radius 3 is 2.09 bits per heavy atom. The van der Waals surface area contributed by atoms with Crippen molar-refractivity contribution in [3.63, 3.8) is 0 Å². The van der Waals surface area contributed by atoms with E-state index in [9.17, 15) is 13.2 Å². The van der Waals surface area contributed by atoms with Crippen LogP contribution in [0.5, 0.6) is 5.75 Å². The van der Waals surface area contributed by atoms with E-state index in [2.05, 4.69) is 19.2 Å². The summed E-state index contributed by atoms with van der Waals surface area (Å²) in [5, 5.41) is 2.81. The molecule has 0 bridgehead atoms. The van der Waals surface area contributed by atoms with Crippen LogP contribution in [-0.2, 0) is 21.4 Å². The summed E-state index contributed by atoms with van der Waals surface area (Å²) in [5.41, 5.74) is 3.38. The number of amides is 1. The molecule has 0 aliphatic carbocycles. The van der Waals surface area contributed by atoms with E-state index in [1.807, 2.05) is 43.3 Å². The number of carbonyl (C=O) groups is 1. The highest BCUT2D eigenvalue weighted by Gasteiger charge is 2.27. The van der Waals surface area contributed by atoms with Gasteiger partial charge < -0.3 is 10.1 Å². The second-order valence-corrected chi connectivity index (χ2v) is 10.1. The normalized spacial score (nSPS) is 11.3. The number of hydrogen-bond donors (Lipinski definition) is 1. The molecule has 3 aromatic carbocycles. The van der Waals surface area contributed by atoms with Gasteiger partial charge in [-0.3, -0.25) is 9.10 Å². The SMILES string of the molecule is COc1ccc(CNC(=O)CN(c2ccc(C(C)C)cc2)S(=O)(=O)c2ccc(C)cc2)cc1. The van der Waals surface area contributed by atoms with Gasteiger partial charge in [0.1, 0.15) is 12.3 Å². The lowest BCUT2D eigenvalue weighted by atomic mass is 10.0. The topological polar surface area (TPSA) is 75.7 Å². The Kier molecular flexibility index (Phi) is 7.76. The molecule has 0 heterocycles. The van der Waals surface area contributed by atoms with Crippen molar-refractivity contribution in [3.05, 3.63) is 89.5 Å². The average Bonchev–Trinajstić information content (AvgIpc) is 2.81. The maximum atomic E-state index is 13.5. The molecule has 174 valence electrons. The Bertz CT molecular complexity index is 1170. The van der Waals surface area contributed by atoms with E-state index in [0.29, 0.717) is 11.6 Å². The van der Waals surface area contributed by atoms with Crippen molar-refractivity contribution in [3.8, 4) is 5.75 Å². The van der Waals surface area contributed by atoms with Gasteiger partial charge in [-0.05, 0) is 60.4 Å². The third-order valence-electron chi connectivity index (χ3n) is 5.39. The molecule has 0 aliphatic heterocycles. The molecule has 0 saturated heterocycles. The molecule has 0 atom stereocenters. The second-order valence-electron chi connectivity index (χ2n) is 8.20. The standard InChI is InChI=1S/C26H30N2O4S/c1-19(2)22-9-11-23(12-10-22)28(33(30,31)25-15-5-20(3)6-16-25)18-26(29)27-17-21-7-13-24(32-4)14-8-21/h5-16,19H,17-18H2,1-4H3,(H,27,29). The molecule has 0 aliphatic rings. The molecule has 0 spiro atoms. The van der Waals surface area contributed by atoms with Crippen LogP contribution >= 0.6 is 0 Å². The zero-order chi connectivity index (χ0) is 24.0. The van der Waals surface area contributed by atoms with Gasteiger partial charge in [0.15, 0.2) is 0 Å². The Balaban J connectivity index is 1.84. The Morgan fingerprint density at radius 1 is 0.939 bits per heavy atom. The van der Waals surface area contributed by atoms with E-state index in [4.69, 9.17) is 4.74 Å². The molecule has 1 N–H and O–H groups in total. The number of nitrogens with zero attached hydrogens (tertiary/aromatic N) is 1. The fraction of sp³-hybridized carbons (Fsp3) is 0.269. The molecular weight excluding hydrogens is 436 g/mol. The maximum Gasteiger partial charge on any atom is 0.264 e. The molecule has 3 rings (SSSR count). The van der Waals surface area contributed by atoms with Gasteiger partial charge >= 0.3 is 0 Å². The van der Waals surface area contributed by atoms with Gasteiger partial charge in [0.2, 0.25) is 5.91 Å². The monoisotopic (exact) mass is 466 g/mol. The first-order chi connectivity index (χ1) is 15.7. The Hall–Kier alpha value is -3.32. The number of anilines is 1. The zero-order valence-electron chi connectivity index (χ0n) is 19.4. The van der Waals surface area contributed by atoms with Crippen molar-refractivity contribution in [2.75, 3.05) is 18.0 Å². The lowest BCUT2D eigenvalue weighted by molar-refractivity contribution is -0.119. The summed E-state index contributed by atoms with van der Waals surface area (Å²) in [4.78, 5) is 12.9. The van der Waals surface area contributed by atoms with Gasteiger partial charge in [0.25, 0.3) is 10.0 Å². The molecule has 33 heavy (non-hydrogen) atoms. The van der Waals surface area contributed by atoms with Crippen molar-refractivity contribution in [2.45, 2.75) is 38.1 Å². The third-order valence-corrected chi connectivity index (χ3v) is 7.18. The summed E-state index contributed by atoms with van der Waals surface area (Å²) in [6, 6.07) is 21.2. The zero-order valence-corrected chi connectivity index (χ0v) is 20.2. The van der Waals surface area contributed by atoms with Gasteiger partial charge in [-0.1, -0.05) is 55.8 Å². The van der Waals surface area contributed by atoms with E-state index in [1.165, 1.54) is 0 Å². The summed E-state index contributed by atoms with van der Waals surface area (Å²) in [5.74, 6) is 0.647. The van der Waals surface area contributed by atoms with Crippen LogP contribution in [0.1, 0.15) is 36.5 Å². The molecule has 7 heteroatoms. The first kappa shape index (κ1) is 24.3. The number of rotatable bonds is 9. The van der Waals surface area contributed by atoms with E-state index >= 15 is 0 Å². The van der Waals surface area contributed by atoms with Crippen LogP contribution in [0.25, 0.3) is 0 Å². The van der Waals surface area contributed by atoms with Gasteiger partial charge in [0, 0.05) is 6.54 Å². The molecular formula is C26H30N2O4S. The van der Waals surface area contributed by atoms with Gasteiger partial charge in [-0.2, -0.15) is 0 Å². The van der Waals surface area contributed by atoms with Crippen LogP contribution in [0, 0.1) is 6.92 Å². The van der Waals surface area contributed by atoms with Gasteiger partial charge in [-0.25, -0.2) is 8.42 Å². The number of aryl methyl sites for hydroxylation is 1. The first-order valence-corrected chi connectivity index (χ1v) is 12.2. The molecule has 0 fully saturated rings. The van der Waals surface area contributed by atoms with Crippen LogP contribution in [0.4, 0.5) is 5.69 Å². The molecule has 0 aromatic heterocycles.